The number of nitrogens with two attached hydrogens (primary N) is 1. The van der Waals surface area contributed by atoms with Gasteiger partial charge in [0.05, 0.1) is 20.1 Å². The number of carbonyl (C=O) groups is 1. The molecule has 4 nitrogen and oxygen atoms in total. The molecule has 0 saturated carbocycles. The minimum absolute atomic E-state index is 0.241. The number of carbonyl (C=O) groups excluding carboxylic acids is 1. The van der Waals surface area contributed by atoms with Gasteiger partial charge >= 0.3 is 5.97 Å². The fraction of sp³-hybridized carbons (Fsp3) is 0.364. The molecule has 4 heteroatoms. The number of anilines is 1. The van der Waals surface area contributed by atoms with Crippen LogP contribution in [0.25, 0.3) is 0 Å². The van der Waals surface area contributed by atoms with E-state index >= 15 is 0 Å². The van der Waals surface area contributed by atoms with Crippen molar-refractivity contribution in [1.82, 2.24) is 0 Å². The molecular weight excluding hydrogens is 194 g/mol. The average Bonchev–Trinajstić information content (AvgIpc) is 2.23. The third-order valence-electron chi connectivity index (χ3n) is 2.00. The van der Waals surface area contributed by atoms with E-state index in [9.17, 15) is 4.79 Å². The first-order valence-electron chi connectivity index (χ1n) is 4.69. The van der Waals surface area contributed by atoms with Gasteiger partial charge < -0.3 is 15.2 Å². The van der Waals surface area contributed by atoms with E-state index in [1.165, 1.54) is 7.11 Å². The maximum absolute atomic E-state index is 10.8. The number of rotatable bonds is 4. The van der Waals surface area contributed by atoms with Crippen molar-refractivity contribution in [3.63, 3.8) is 0 Å². The Balaban J connectivity index is 2.50. The zero-order valence-corrected chi connectivity index (χ0v) is 8.95. The molecular formula is C11H15NO3. The molecule has 0 bridgehead atoms. The average molecular weight is 209 g/mol. The highest BCUT2D eigenvalue weighted by Gasteiger charge is 2.03. The second-order valence-electron chi connectivity index (χ2n) is 3.20. The van der Waals surface area contributed by atoms with Crippen LogP contribution in [0.2, 0.25) is 0 Å². The number of ether oxygens (including phenoxy) is 2. The van der Waals surface area contributed by atoms with Crippen molar-refractivity contribution in [3.05, 3.63) is 23.8 Å². The molecule has 0 amide bonds. The van der Waals surface area contributed by atoms with Crippen LogP contribution in [0.5, 0.6) is 5.75 Å². The van der Waals surface area contributed by atoms with Crippen LogP contribution in [0.15, 0.2) is 18.2 Å². The summed E-state index contributed by atoms with van der Waals surface area (Å²) in [6, 6.07) is 5.43. The Bertz CT molecular complexity index is 350. The summed E-state index contributed by atoms with van der Waals surface area (Å²) in [5.74, 6) is 0.426. The van der Waals surface area contributed by atoms with Gasteiger partial charge in [-0.1, -0.05) is 6.07 Å². The first kappa shape index (κ1) is 11.4. The van der Waals surface area contributed by atoms with E-state index in [0.29, 0.717) is 18.0 Å². The zero-order valence-electron chi connectivity index (χ0n) is 8.95. The molecule has 0 saturated heterocycles. The van der Waals surface area contributed by atoms with Gasteiger partial charge in [-0.15, -0.1) is 0 Å². The molecule has 0 spiro atoms. The third-order valence-corrected chi connectivity index (χ3v) is 2.00. The molecule has 0 aliphatic carbocycles. The van der Waals surface area contributed by atoms with E-state index in [0.717, 1.165) is 5.56 Å². The number of hydrogen-bond donors (Lipinski definition) is 1. The number of nitrogen functional groups attached to an aromatic ring is 1. The smallest absolute Gasteiger partial charge is 0.308 e. The Morgan fingerprint density at radius 3 is 2.87 bits per heavy atom. The molecule has 0 aliphatic rings. The predicted molar refractivity (Wildman–Crippen MR) is 57.7 cm³/mol. The van der Waals surface area contributed by atoms with Gasteiger partial charge in [0.25, 0.3) is 0 Å². The summed E-state index contributed by atoms with van der Waals surface area (Å²) in [4.78, 5) is 10.8. The van der Waals surface area contributed by atoms with Gasteiger partial charge in [-0.2, -0.15) is 0 Å². The molecule has 2 N–H and O–H groups in total. The van der Waals surface area contributed by atoms with Crippen LogP contribution in [0.4, 0.5) is 5.69 Å². The summed E-state index contributed by atoms with van der Waals surface area (Å²) in [7, 11) is 1.36. The molecule has 1 aromatic rings. The largest absolute Gasteiger partial charge is 0.493 e. The Morgan fingerprint density at radius 2 is 2.20 bits per heavy atom. The Morgan fingerprint density at radius 1 is 1.47 bits per heavy atom. The quantitative estimate of drug-likeness (QED) is 0.603. The highest BCUT2D eigenvalue weighted by atomic mass is 16.5. The lowest BCUT2D eigenvalue weighted by Crippen LogP contribution is -2.08. The number of methoxy groups -OCH3 is 1. The SMILES string of the molecule is COC(=O)CCOc1cc(N)ccc1C. The van der Waals surface area contributed by atoms with Gasteiger partial charge in [-0.05, 0) is 18.6 Å². The minimum Gasteiger partial charge on any atom is -0.493 e. The second-order valence-corrected chi connectivity index (χ2v) is 3.20. The van der Waals surface area contributed by atoms with E-state index in [1.54, 1.807) is 6.07 Å². The highest BCUT2D eigenvalue weighted by molar-refractivity contribution is 5.69. The van der Waals surface area contributed by atoms with Crippen LogP contribution in [0.3, 0.4) is 0 Å². The van der Waals surface area contributed by atoms with Crippen molar-refractivity contribution in [1.29, 1.82) is 0 Å². The Kier molecular flexibility index (Phi) is 3.97. The van der Waals surface area contributed by atoms with Crippen molar-refractivity contribution in [2.24, 2.45) is 0 Å². The molecule has 0 aromatic heterocycles. The standard InChI is InChI=1S/C11H15NO3/c1-8-3-4-9(12)7-10(8)15-6-5-11(13)14-2/h3-4,7H,5-6,12H2,1-2H3. The normalized spacial score (nSPS) is 9.73. The van der Waals surface area contributed by atoms with Crippen molar-refractivity contribution in [2.45, 2.75) is 13.3 Å². The monoisotopic (exact) mass is 209 g/mol. The molecule has 1 rings (SSSR count). The van der Waals surface area contributed by atoms with Gasteiger partial charge in [-0.25, -0.2) is 0 Å². The fourth-order valence-corrected chi connectivity index (χ4v) is 1.12. The van der Waals surface area contributed by atoms with Crippen LogP contribution in [0.1, 0.15) is 12.0 Å². The topological polar surface area (TPSA) is 61.5 Å². The maximum Gasteiger partial charge on any atom is 0.308 e. The van der Waals surface area contributed by atoms with E-state index in [1.807, 2.05) is 19.1 Å². The molecule has 0 fully saturated rings. The predicted octanol–water partition coefficient (Wildman–Crippen LogP) is 1.52. The molecule has 0 atom stereocenters. The van der Waals surface area contributed by atoms with Gasteiger partial charge in [0.1, 0.15) is 5.75 Å². The third kappa shape index (κ3) is 3.50. The molecule has 0 heterocycles. The van der Waals surface area contributed by atoms with Crippen molar-refractivity contribution >= 4 is 11.7 Å². The lowest BCUT2D eigenvalue weighted by Gasteiger charge is -2.08. The first-order chi connectivity index (χ1) is 7.13. The molecule has 15 heavy (non-hydrogen) atoms. The molecule has 0 unspecified atom stereocenters. The van der Waals surface area contributed by atoms with Gasteiger partial charge in [0.2, 0.25) is 0 Å². The van der Waals surface area contributed by atoms with E-state index in [4.69, 9.17) is 10.5 Å². The number of hydrogen-bond acceptors (Lipinski definition) is 4. The second kappa shape index (κ2) is 5.24. The summed E-state index contributed by atoms with van der Waals surface area (Å²) in [6.45, 7) is 2.23. The number of esters is 1. The highest BCUT2D eigenvalue weighted by Crippen LogP contribution is 2.20. The molecule has 0 aliphatic heterocycles. The van der Waals surface area contributed by atoms with Crippen molar-refractivity contribution < 1.29 is 14.3 Å². The van der Waals surface area contributed by atoms with Crippen LogP contribution in [-0.2, 0) is 9.53 Å². The van der Waals surface area contributed by atoms with Crippen LogP contribution < -0.4 is 10.5 Å². The summed E-state index contributed by atoms with van der Waals surface area (Å²) >= 11 is 0. The molecule has 1 aromatic carbocycles. The van der Waals surface area contributed by atoms with Crippen LogP contribution >= 0.6 is 0 Å². The minimum atomic E-state index is -0.281. The maximum atomic E-state index is 10.8. The number of aryl methyl sites for hydroxylation is 1. The Hall–Kier alpha value is -1.71. The van der Waals surface area contributed by atoms with E-state index in [2.05, 4.69) is 4.74 Å². The molecule has 0 radical (unpaired) electrons. The van der Waals surface area contributed by atoms with Gasteiger partial charge in [0, 0.05) is 11.8 Å². The first-order valence-corrected chi connectivity index (χ1v) is 4.69. The van der Waals surface area contributed by atoms with Crippen molar-refractivity contribution in [3.8, 4) is 5.75 Å². The van der Waals surface area contributed by atoms with Crippen LogP contribution in [-0.4, -0.2) is 19.7 Å². The number of benzene rings is 1. The molecule has 82 valence electrons. The Labute approximate surface area is 89.0 Å². The van der Waals surface area contributed by atoms with E-state index < -0.39 is 0 Å². The summed E-state index contributed by atoms with van der Waals surface area (Å²) in [5, 5.41) is 0. The fourth-order valence-electron chi connectivity index (χ4n) is 1.12. The summed E-state index contributed by atoms with van der Waals surface area (Å²) in [5.41, 5.74) is 7.25. The lowest BCUT2D eigenvalue weighted by molar-refractivity contribution is -0.141. The van der Waals surface area contributed by atoms with Gasteiger partial charge in [0.15, 0.2) is 0 Å². The van der Waals surface area contributed by atoms with Crippen LogP contribution in [0, 0.1) is 6.92 Å². The van der Waals surface area contributed by atoms with Gasteiger partial charge in [-0.3, -0.25) is 4.79 Å². The van der Waals surface area contributed by atoms with Crippen molar-refractivity contribution in [2.75, 3.05) is 19.5 Å². The summed E-state index contributed by atoms with van der Waals surface area (Å²) < 4.78 is 9.91. The van der Waals surface area contributed by atoms with E-state index in [-0.39, 0.29) is 12.4 Å². The zero-order chi connectivity index (χ0) is 11.3. The lowest BCUT2D eigenvalue weighted by atomic mass is 10.2. The summed E-state index contributed by atoms with van der Waals surface area (Å²) in [6.07, 6.45) is 0.241.